The highest BCUT2D eigenvalue weighted by atomic mass is 19.1. The Hall–Kier alpha value is -1.42. The first-order chi connectivity index (χ1) is 9.07. The van der Waals surface area contributed by atoms with E-state index in [9.17, 15) is 9.18 Å². The third-order valence-electron chi connectivity index (χ3n) is 3.93. The minimum atomic E-state index is -0.257. The molecule has 1 aliphatic carbocycles. The minimum absolute atomic E-state index is 0.164. The van der Waals surface area contributed by atoms with E-state index in [0.29, 0.717) is 6.54 Å². The van der Waals surface area contributed by atoms with Crippen LogP contribution in [-0.2, 0) is 11.3 Å². The number of carbonyl (C=O) groups is 1. The van der Waals surface area contributed by atoms with Crippen molar-refractivity contribution in [3.05, 3.63) is 35.6 Å². The molecule has 2 rings (SSSR count). The summed E-state index contributed by atoms with van der Waals surface area (Å²) in [6, 6.07) is 6.42. The molecule has 0 spiro atoms. The SMILES string of the molecule is CNCC1(C(=O)N(C)Cc2cccc(F)c2)CCC1. The van der Waals surface area contributed by atoms with Crippen molar-refractivity contribution in [1.82, 2.24) is 10.2 Å². The van der Waals surface area contributed by atoms with Gasteiger partial charge >= 0.3 is 0 Å². The van der Waals surface area contributed by atoms with Crippen LogP contribution in [0, 0.1) is 11.2 Å². The summed E-state index contributed by atoms with van der Waals surface area (Å²) < 4.78 is 13.1. The largest absolute Gasteiger partial charge is 0.341 e. The molecule has 0 radical (unpaired) electrons. The van der Waals surface area contributed by atoms with Crippen LogP contribution in [0.4, 0.5) is 4.39 Å². The summed E-state index contributed by atoms with van der Waals surface area (Å²) in [6.45, 7) is 1.18. The normalized spacial score (nSPS) is 16.8. The standard InChI is InChI=1S/C15H21FN2O/c1-17-11-15(7-4-8-15)14(19)18(2)10-12-5-3-6-13(16)9-12/h3,5-6,9,17H,4,7-8,10-11H2,1-2H3. The van der Waals surface area contributed by atoms with Crippen LogP contribution in [0.2, 0.25) is 0 Å². The maximum atomic E-state index is 13.1. The zero-order chi connectivity index (χ0) is 13.9. The Labute approximate surface area is 113 Å². The number of hydrogen-bond donors (Lipinski definition) is 1. The molecule has 3 nitrogen and oxygen atoms in total. The topological polar surface area (TPSA) is 32.3 Å². The van der Waals surface area contributed by atoms with Gasteiger partial charge in [0.25, 0.3) is 0 Å². The molecule has 1 amide bonds. The summed E-state index contributed by atoms with van der Waals surface area (Å²) in [5.74, 6) is -0.0932. The van der Waals surface area contributed by atoms with Gasteiger partial charge < -0.3 is 10.2 Å². The molecule has 1 aromatic rings. The fraction of sp³-hybridized carbons (Fsp3) is 0.533. The molecule has 0 bridgehead atoms. The van der Waals surface area contributed by atoms with Gasteiger partial charge in [0.2, 0.25) is 5.91 Å². The molecule has 0 saturated heterocycles. The number of benzene rings is 1. The van der Waals surface area contributed by atoms with E-state index in [-0.39, 0.29) is 17.1 Å². The van der Waals surface area contributed by atoms with Crippen molar-refractivity contribution < 1.29 is 9.18 Å². The summed E-state index contributed by atoms with van der Waals surface area (Å²) in [7, 11) is 3.67. The highest BCUT2D eigenvalue weighted by Gasteiger charge is 2.44. The Balaban J connectivity index is 2.03. The van der Waals surface area contributed by atoms with Crippen molar-refractivity contribution in [1.29, 1.82) is 0 Å². The van der Waals surface area contributed by atoms with Crippen LogP contribution >= 0.6 is 0 Å². The molecule has 1 N–H and O–H groups in total. The monoisotopic (exact) mass is 264 g/mol. The molecule has 19 heavy (non-hydrogen) atoms. The van der Waals surface area contributed by atoms with Gasteiger partial charge in [-0.1, -0.05) is 18.6 Å². The molecule has 0 atom stereocenters. The van der Waals surface area contributed by atoms with Crippen molar-refractivity contribution in [3.8, 4) is 0 Å². The molecule has 1 aliphatic rings. The molecule has 1 saturated carbocycles. The second-order valence-corrected chi connectivity index (χ2v) is 5.46. The van der Waals surface area contributed by atoms with Crippen molar-refractivity contribution >= 4 is 5.91 Å². The molecule has 104 valence electrons. The average molecular weight is 264 g/mol. The maximum absolute atomic E-state index is 13.1. The average Bonchev–Trinajstić information content (AvgIpc) is 2.33. The quantitative estimate of drug-likeness (QED) is 0.884. The fourth-order valence-electron chi connectivity index (χ4n) is 2.79. The van der Waals surface area contributed by atoms with Crippen molar-refractivity contribution in [2.45, 2.75) is 25.8 Å². The maximum Gasteiger partial charge on any atom is 0.230 e. The molecular weight excluding hydrogens is 243 g/mol. The first-order valence-electron chi connectivity index (χ1n) is 6.72. The number of halogens is 1. The van der Waals surface area contributed by atoms with Gasteiger partial charge in [0.15, 0.2) is 0 Å². The van der Waals surface area contributed by atoms with E-state index in [2.05, 4.69) is 5.32 Å². The number of rotatable bonds is 5. The molecule has 1 fully saturated rings. The highest BCUT2D eigenvalue weighted by Crippen LogP contribution is 2.41. The number of nitrogens with one attached hydrogen (secondary N) is 1. The third kappa shape index (κ3) is 2.95. The lowest BCUT2D eigenvalue weighted by molar-refractivity contribution is -0.146. The van der Waals surface area contributed by atoms with E-state index >= 15 is 0 Å². The van der Waals surface area contributed by atoms with Crippen molar-refractivity contribution in [2.75, 3.05) is 20.6 Å². The first-order valence-corrected chi connectivity index (χ1v) is 6.72. The second kappa shape index (κ2) is 5.70. The third-order valence-corrected chi connectivity index (χ3v) is 3.93. The first kappa shape index (κ1) is 14.0. The summed E-state index contributed by atoms with van der Waals surface area (Å²) in [5.41, 5.74) is 0.589. The van der Waals surface area contributed by atoms with Crippen LogP contribution in [0.5, 0.6) is 0 Å². The number of nitrogens with zero attached hydrogens (tertiary/aromatic N) is 1. The molecular formula is C15H21FN2O. The van der Waals surface area contributed by atoms with E-state index in [1.165, 1.54) is 12.1 Å². The van der Waals surface area contributed by atoms with E-state index in [4.69, 9.17) is 0 Å². The van der Waals surface area contributed by atoms with Crippen molar-refractivity contribution in [3.63, 3.8) is 0 Å². The van der Waals surface area contributed by atoms with Crippen LogP contribution in [0.15, 0.2) is 24.3 Å². The van der Waals surface area contributed by atoms with Gasteiger partial charge in [-0.2, -0.15) is 0 Å². The minimum Gasteiger partial charge on any atom is -0.341 e. The summed E-state index contributed by atoms with van der Waals surface area (Å²) >= 11 is 0. The Kier molecular flexibility index (Phi) is 4.20. The van der Waals surface area contributed by atoms with Gasteiger partial charge in [-0.15, -0.1) is 0 Å². The fourth-order valence-corrected chi connectivity index (χ4v) is 2.79. The molecule has 0 heterocycles. The Morgan fingerprint density at radius 3 is 2.74 bits per heavy atom. The van der Waals surface area contributed by atoms with Crippen LogP contribution in [0.25, 0.3) is 0 Å². The predicted molar refractivity (Wildman–Crippen MR) is 73.1 cm³/mol. The summed E-state index contributed by atoms with van der Waals surface area (Å²) in [4.78, 5) is 14.2. The lowest BCUT2D eigenvalue weighted by Crippen LogP contribution is -2.51. The van der Waals surface area contributed by atoms with E-state index in [1.54, 1.807) is 18.0 Å². The highest BCUT2D eigenvalue weighted by molar-refractivity contribution is 5.83. The Bertz CT molecular complexity index is 457. The summed E-state index contributed by atoms with van der Waals surface area (Å²) in [5, 5.41) is 3.11. The summed E-state index contributed by atoms with van der Waals surface area (Å²) in [6.07, 6.45) is 3.00. The molecule has 1 aromatic carbocycles. The Morgan fingerprint density at radius 1 is 1.47 bits per heavy atom. The zero-order valence-electron chi connectivity index (χ0n) is 11.6. The van der Waals surface area contributed by atoms with Crippen LogP contribution < -0.4 is 5.32 Å². The lowest BCUT2D eigenvalue weighted by Gasteiger charge is -2.42. The molecule has 0 aromatic heterocycles. The Morgan fingerprint density at radius 2 is 2.21 bits per heavy atom. The van der Waals surface area contributed by atoms with Gasteiger partial charge in [-0.05, 0) is 37.6 Å². The molecule has 0 unspecified atom stereocenters. The number of amides is 1. The van der Waals surface area contributed by atoms with Crippen LogP contribution in [-0.4, -0.2) is 31.4 Å². The van der Waals surface area contributed by atoms with Gasteiger partial charge in [0.1, 0.15) is 5.82 Å². The number of hydrogen-bond acceptors (Lipinski definition) is 2. The predicted octanol–water partition coefficient (Wildman–Crippen LogP) is 2.17. The van der Waals surface area contributed by atoms with Gasteiger partial charge in [0.05, 0.1) is 5.41 Å². The van der Waals surface area contributed by atoms with Crippen molar-refractivity contribution in [2.24, 2.45) is 5.41 Å². The van der Waals surface area contributed by atoms with Gasteiger partial charge in [-0.25, -0.2) is 4.39 Å². The van der Waals surface area contributed by atoms with Gasteiger partial charge in [-0.3, -0.25) is 4.79 Å². The lowest BCUT2D eigenvalue weighted by atomic mass is 9.67. The molecule has 4 heteroatoms. The van der Waals surface area contributed by atoms with E-state index in [0.717, 1.165) is 31.4 Å². The van der Waals surface area contributed by atoms with Gasteiger partial charge in [0, 0.05) is 20.1 Å². The van der Waals surface area contributed by atoms with E-state index < -0.39 is 0 Å². The zero-order valence-corrected chi connectivity index (χ0v) is 11.6. The second-order valence-electron chi connectivity index (χ2n) is 5.46. The number of carbonyl (C=O) groups excluding carboxylic acids is 1. The molecule has 0 aliphatic heterocycles. The van der Waals surface area contributed by atoms with Crippen LogP contribution in [0.1, 0.15) is 24.8 Å². The van der Waals surface area contributed by atoms with E-state index in [1.807, 2.05) is 13.1 Å². The smallest absolute Gasteiger partial charge is 0.230 e. The van der Waals surface area contributed by atoms with Crippen LogP contribution in [0.3, 0.4) is 0 Å².